The lowest BCUT2D eigenvalue weighted by molar-refractivity contribution is -0.138. The second-order valence-electron chi connectivity index (χ2n) is 14.7. The maximum atomic E-state index is 12.4. The number of aromatic amines is 2. The normalized spacial score (nSPS) is 41.4. The quantitative estimate of drug-likeness (QED) is 0.188. The molecule has 1 amide bonds. The van der Waals surface area contributed by atoms with Crippen molar-refractivity contribution in [2.24, 2.45) is 0 Å². The van der Waals surface area contributed by atoms with Crippen LogP contribution in [0.1, 0.15) is 78.6 Å². The van der Waals surface area contributed by atoms with Crippen molar-refractivity contribution in [1.82, 2.24) is 19.6 Å². The minimum Gasteiger partial charge on any atom is -0.481 e. The zero-order chi connectivity index (χ0) is 31.4. The van der Waals surface area contributed by atoms with Crippen LogP contribution in [0.4, 0.5) is 0 Å². The number of aliphatic hydroxyl groups is 1. The van der Waals surface area contributed by atoms with Crippen molar-refractivity contribution < 1.29 is 29.7 Å². The van der Waals surface area contributed by atoms with Crippen molar-refractivity contribution in [2.75, 3.05) is 0 Å². The van der Waals surface area contributed by atoms with Crippen molar-refractivity contribution in [3.8, 4) is 0 Å². The number of H-pyrrole nitrogens is 2. The van der Waals surface area contributed by atoms with E-state index >= 15 is 0 Å². The Kier molecular flexibility index (Phi) is 4.08. The van der Waals surface area contributed by atoms with Gasteiger partial charge in [0, 0.05) is 65.7 Å². The minimum atomic E-state index is -2.29. The number of aromatic nitrogens is 2. The highest BCUT2D eigenvalue weighted by atomic mass is 32.4. The summed E-state index contributed by atoms with van der Waals surface area (Å²) in [4.78, 5) is 43.2. The Morgan fingerprint density at radius 2 is 1.57 bits per heavy atom. The Labute approximate surface area is 254 Å². The SMILES string of the molecule is C=CC1=C(C)[C@@H](Cc2[nH]c(Cc3[nH]c(C[C@]45N6[C@]7(O)[C@]8(C)[C@]49[C@@H](C)S68957)c(C)c3CCC(=O)O)c(CCC(=O)O)c2C)NC1=O. The maximum Gasteiger partial charge on any atom is 0.303 e. The number of nitrogens with one attached hydrogen (secondary N) is 3. The molecule has 7 atom stereocenters. The number of hydrogen-bond acceptors (Lipinski definition) is 5. The summed E-state index contributed by atoms with van der Waals surface area (Å²) in [5.74, 6) is -1.84. The molecule has 6 N–H and O–H groups in total. The van der Waals surface area contributed by atoms with Gasteiger partial charge < -0.3 is 30.6 Å². The molecule has 7 aliphatic heterocycles. The molecule has 0 bridgehead atoms. The molecule has 234 valence electrons. The lowest BCUT2D eigenvalue weighted by Gasteiger charge is -2.30. The number of nitrogens with zero attached hydrogens (tertiary/aromatic N) is 1. The summed E-state index contributed by atoms with van der Waals surface area (Å²) in [6, 6.07) is -0.177. The van der Waals surface area contributed by atoms with E-state index in [1.807, 2.05) is 13.8 Å². The zero-order valence-electron chi connectivity index (χ0n) is 25.8. The molecule has 1 spiro atoms. The first-order valence-corrected chi connectivity index (χ1v) is 18.2. The smallest absolute Gasteiger partial charge is 0.303 e. The number of fused-ring (bicyclic) bond motifs is 3. The average molecular weight is 621 g/mol. The molecule has 2 aromatic heterocycles. The third kappa shape index (κ3) is 1.65. The third-order valence-corrected chi connectivity index (χ3v) is 27.0. The van der Waals surface area contributed by atoms with Crippen LogP contribution < -0.4 is 5.32 Å². The second-order valence-corrected chi connectivity index (χ2v) is 21.6. The minimum absolute atomic E-state index is 0.000575. The van der Waals surface area contributed by atoms with E-state index in [2.05, 4.69) is 46.9 Å². The molecule has 9 rings (SSSR count). The number of carboxylic acid groups (broad SMARTS) is 2. The van der Waals surface area contributed by atoms with Crippen LogP contribution in [-0.4, -0.2) is 78.2 Å². The van der Waals surface area contributed by atoms with E-state index in [1.165, 1.54) is 0 Å². The third-order valence-electron chi connectivity index (χ3n) is 14.8. The van der Waals surface area contributed by atoms with E-state index in [0.717, 1.165) is 57.0 Å². The number of carboxylic acids is 2. The second kappa shape index (κ2) is 6.64. The van der Waals surface area contributed by atoms with E-state index in [0.29, 0.717) is 41.3 Å². The van der Waals surface area contributed by atoms with Gasteiger partial charge in [0.15, 0.2) is 5.06 Å². The monoisotopic (exact) mass is 620 g/mol. The van der Waals surface area contributed by atoms with Crippen molar-refractivity contribution in [2.45, 2.75) is 110 Å². The van der Waals surface area contributed by atoms with Crippen LogP contribution in [0.3, 0.4) is 0 Å². The van der Waals surface area contributed by atoms with Crippen LogP contribution in [0.25, 0.3) is 0 Å². The first kappa shape index (κ1) is 27.1. The predicted molar refractivity (Wildman–Crippen MR) is 166 cm³/mol. The van der Waals surface area contributed by atoms with Crippen molar-refractivity contribution >= 4 is 26.3 Å². The first-order chi connectivity index (χ1) is 20.7. The summed E-state index contributed by atoms with van der Waals surface area (Å²) in [6.07, 6.45) is 4.34. The van der Waals surface area contributed by atoms with E-state index in [1.54, 1.807) is 6.08 Å². The van der Waals surface area contributed by atoms with Gasteiger partial charge in [-0.05, 0) is 68.4 Å². The van der Waals surface area contributed by atoms with Gasteiger partial charge in [0.05, 0.1) is 20.4 Å². The number of aliphatic carboxylic acids is 2. The van der Waals surface area contributed by atoms with E-state index < -0.39 is 25.5 Å². The van der Waals surface area contributed by atoms with Crippen LogP contribution >= 0.6 is 8.48 Å². The lowest BCUT2D eigenvalue weighted by atomic mass is 9.86. The summed E-state index contributed by atoms with van der Waals surface area (Å²) in [5.41, 5.74) is 9.62. The molecule has 9 heterocycles. The molecule has 7 aliphatic rings. The Bertz CT molecular complexity index is 1950. The maximum absolute atomic E-state index is 12.4. The Morgan fingerprint density at radius 1 is 1.00 bits per heavy atom. The van der Waals surface area contributed by atoms with Crippen LogP contribution in [0.15, 0.2) is 23.8 Å². The van der Waals surface area contributed by atoms with Gasteiger partial charge in [0.25, 0.3) is 5.91 Å². The predicted octanol–water partition coefficient (Wildman–Crippen LogP) is 3.07. The summed E-state index contributed by atoms with van der Waals surface area (Å²) < 4.78 is 3.09. The fraction of sp³-hybridized carbons (Fsp3) is 0.545. The van der Waals surface area contributed by atoms with Gasteiger partial charge in [0.2, 0.25) is 0 Å². The molecule has 0 aliphatic carbocycles. The fourth-order valence-electron chi connectivity index (χ4n) is 13.6. The Hall–Kier alpha value is -3.28. The zero-order valence-corrected chi connectivity index (χ0v) is 26.6. The molecule has 1 unspecified atom stereocenters. The van der Waals surface area contributed by atoms with Crippen LogP contribution in [0.2, 0.25) is 0 Å². The van der Waals surface area contributed by atoms with E-state index in [9.17, 15) is 29.7 Å². The first-order valence-electron chi connectivity index (χ1n) is 15.7. The van der Waals surface area contributed by atoms with E-state index in [4.69, 9.17) is 0 Å². The number of rotatable bonds is 13. The van der Waals surface area contributed by atoms with Crippen LogP contribution in [0.5, 0.6) is 0 Å². The van der Waals surface area contributed by atoms with Gasteiger partial charge in [-0.1, -0.05) is 19.6 Å². The molecule has 2 aromatic rings. The molecule has 0 radical (unpaired) electrons. The molecule has 44 heavy (non-hydrogen) atoms. The van der Waals surface area contributed by atoms with Gasteiger partial charge >= 0.3 is 11.9 Å². The number of carbonyl (C=O) groups excluding carboxylic acids is 1. The molecular weight excluding hydrogens is 580 g/mol. The average Bonchev–Trinajstić information content (AvgIpc) is 3.85. The number of hydrogen-bond donors (Lipinski definition) is 6. The molecular formula is C33H40N4O6S. The topological polar surface area (TPSA) is 159 Å². The number of amides is 1. The summed E-state index contributed by atoms with van der Waals surface area (Å²) in [7, 11) is -2.29. The highest BCUT2D eigenvalue weighted by Gasteiger charge is 3.80. The molecule has 6 fully saturated rings. The summed E-state index contributed by atoms with van der Waals surface area (Å²) >= 11 is 0. The van der Waals surface area contributed by atoms with Gasteiger partial charge in [-0.15, -0.1) is 0 Å². The van der Waals surface area contributed by atoms with Gasteiger partial charge in [-0.2, -0.15) is 8.48 Å². The Balaban J connectivity index is 1.04. The largest absolute Gasteiger partial charge is 0.481 e. The highest BCUT2D eigenvalue weighted by molar-refractivity contribution is 9.00. The van der Waals surface area contributed by atoms with Crippen LogP contribution in [-0.2, 0) is 46.5 Å². The summed E-state index contributed by atoms with van der Waals surface area (Å²) in [6.45, 7) is 14.4. The molecule has 0 saturated carbocycles. The van der Waals surface area contributed by atoms with Crippen molar-refractivity contribution in [3.05, 3.63) is 68.8 Å². The summed E-state index contributed by atoms with van der Waals surface area (Å²) in [5, 5.41) is 33.6. The van der Waals surface area contributed by atoms with Gasteiger partial charge in [0.1, 0.15) is 0 Å². The van der Waals surface area contributed by atoms with E-state index in [-0.39, 0.29) is 34.4 Å². The van der Waals surface area contributed by atoms with Crippen LogP contribution in [0, 0.1) is 13.8 Å². The highest BCUT2D eigenvalue weighted by Crippen LogP contribution is 3.88. The fourth-order valence-corrected chi connectivity index (χ4v) is 31.4. The van der Waals surface area contributed by atoms with Gasteiger partial charge in [-0.3, -0.25) is 14.4 Å². The van der Waals surface area contributed by atoms with Gasteiger partial charge in [-0.25, -0.2) is 4.31 Å². The molecule has 10 nitrogen and oxygen atoms in total. The Morgan fingerprint density at radius 3 is 2.00 bits per heavy atom. The molecule has 11 heteroatoms. The number of carbonyl (C=O) groups is 3. The molecule has 6 saturated heterocycles. The molecule has 0 aromatic carbocycles. The van der Waals surface area contributed by atoms with Crippen molar-refractivity contribution in [1.29, 1.82) is 0 Å². The standard InChI is InChI=1S/C33H40N4O6S/c1-7-19-15(2)23(36-29(19)42)12-22-16(3)20(8-10-27(38)39)24(34-22)13-25-21(9-11-28(40)41)17(4)26(35-25)14-31-32-18(5)44(31,32)30(32,6)33(44,43)37(31)44/h7,18,23,34-35,43H,1,8-14H2,2-6H3,(H,36,42)(H,38,39)(H,40,41)/t18-,23-,30+,31-,32-,33+,37?/m1/s1. The lowest BCUT2D eigenvalue weighted by Crippen LogP contribution is -2.41. The van der Waals surface area contributed by atoms with Crippen molar-refractivity contribution in [3.63, 3.8) is 0 Å².